The Balaban J connectivity index is 0.000000170. The Labute approximate surface area is 371 Å². The number of hydrogen-bond acceptors (Lipinski definition) is 8. The summed E-state index contributed by atoms with van der Waals surface area (Å²) in [5.74, 6) is 2.50. The lowest BCUT2D eigenvalue weighted by Crippen LogP contribution is -2.46. The van der Waals surface area contributed by atoms with Crippen molar-refractivity contribution in [1.29, 1.82) is 0 Å². The second kappa shape index (κ2) is 19.0. The summed E-state index contributed by atoms with van der Waals surface area (Å²) in [6, 6.07) is 21.4. The average molecular weight is 857 g/mol. The first-order valence-electron chi connectivity index (χ1n) is 22.7. The van der Waals surface area contributed by atoms with E-state index in [1.54, 1.807) is 24.5 Å². The molecule has 2 aromatic heterocycles. The van der Waals surface area contributed by atoms with Crippen LogP contribution >= 0.6 is 0 Å². The molecule has 4 N–H and O–H groups in total. The van der Waals surface area contributed by atoms with Crippen molar-refractivity contribution in [2.45, 2.75) is 96.9 Å². The highest BCUT2D eigenvalue weighted by Gasteiger charge is 2.55. The highest BCUT2D eigenvalue weighted by molar-refractivity contribution is 5.76. The van der Waals surface area contributed by atoms with E-state index in [9.17, 15) is 18.4 Å². The molecule has 4 heterocycles. The highest BCUT2D eigenvalue weighted by atomic mass is 19.1. The maximum Gasteiger partial charge on any atom is 0.309 e. The zero-order valence-electron chi connectivity index (χ0n) is 35.6. The van der Waals surface area contributed by atoms with Crippen LogP contribution in [0, 0.1) is 70.8 Å². The van der Waals surface area contributed by atoms with Crippen LogP contribution in [0.2, 0.25) is 0 Å². The lowest BCUT2D eigenvalue weighted by atomic mass is 9.57. The largest absolute Gasteiger partial charge is 0.462 e. The number of rotatable bonds is 6. The van der Waals surface area contributed by atoms with Gasteiger partial charge in [0.2, 0.25) is 0 Å². The Bertz CT molecular complexity index is 2140. The maximum atomic E-state index is 13.5. The molecule has 63 heavy (non-hydrogen) atoms. The zero-order chi connectivity index (χ0) is 43.1. The van der Waals surface area contributed by atoms with E-state index in [0.717, 1.165) is 85.0 Å². The summed E-state index contributed by atoms with van der Waals surface area (Å²) in [5.41, 5.74) is 17.6. The molecule has 0 radical (unpaired) electrons. The normalized spacial score (nSPS) is 34.4. The Morgan fingerprint density at radius 3 is 1.40 bits per heavy atom. The van der Waals surface area contributed by atoms with Gasteiger partial charge >= 0.3 is 11.9 Å². The van der Waals surface area contributed by atoms with Crippen molar-refractivity contribution in [3.8, 4) is 22.3 Å². The van der Waals surface area contributed by atoms with E-state index in [0.29, 0.717) is 35.5 Å². The summed E-state index contributed by atoms with van der Waals surface area (Å²) in [7, 11) is 0. The number of aromatic nitrogens is 2. The molecule has 0 amide bonds. The molecule has 10 heteroatoms. The highest BCUT2D eigenvalue weighted by Crippen LogP contribution is 2.55. The lowest BCUT2D eigenvalue weighted by Gasteiger charge is -2.47. The summed E-state index contributed by atoms with van der Waals surface area (Å²) in [6.07, 6.45) is 20.3. The number of pyridine rings is 2. The first kappa shape index (κ1) is 44.5. The number of fused-ring (bicyclic) bond motifs is 4. The SMILES string of the molecule is C.C[C@H]1OC(=O)[C@@H]2C[C@@H]3C[C@@H](N)CC[C@H]3[C@H](/C=C/c3ccc(-c4cccc(F)c4)cn3)[C@H]12.C[C@H]1OC(=O)[C@@H]2C[C@@H]3C[C@H](N)CC[C@H]3[C@H](/C=C/c3ccc(-c4cccc(F)c4)cn3)[C@H]12. The van der Waals surface area contributed by atoms with Crippen LogP contribution in [0.3, 0.4) is 0 Å². The quantitative estimate of drug-likeness (QED) is 0.183. The molecule has 4 saturated carbocycles. The maximum absolute atomic E-state index is 13.5. The fourth-order valence-electron chi connectivity index (χ4n) is 12.4. The molecular formula is C53H62F2N4O4. The van der Waals surface area contributed by atoms with Crippen LogP contribution in [-0.4, -0.2) is 46.2 Å². The van der Waals surface area contributed by atoms with Gasteiger partial charge in [-0.2, -0.15) is 0 Å². The van der Waals surface area contributed by atoms with Crippen LogP contribution in [0.1, 0.15) is 84.0 Å². The van der Waals surface area contributed by atoms with Crippen molar-refractivity contribution in [2.24, 2.45) is 70.6 Å². The van der Waals surface area contributed by atoms with Crippen molar-refractivity contribution in [2.75, 3.05) is 0 Å². The van der Waals surface area contributed by atoms with Gasteiger partial charge in [-0.25, -0.2) is 8.78 Å². The molecule has 6 aliphatic rings. The van der Waals surface area contributed by atoms with Crippen molar-refractivity contribution in [3.63, 3.8) is 0 Å². The number of esters is 2. The molecule has 0 bridgehead atoms. The van der Waals surface area contributed by atoms with Gasteiger partial charge in [0.05, 0.1) is 23.2 Å². The molecule has 6 fully saturated rings. The average Bonchev–Trinajstić information content (AvgIpc) is 3.72. The Morgan fingerprint density at radius 1 is 0.587 bits per heavy atom. The monoisotopic (exact) mass is 856 g/mol. The van der Waals surface area contributed by atoms with Crippen LogP contribution in [0.25, 0.3) is 34.4 Å². The first-order valence-corrected chi connectivity index (χ1v) is 22.7. The predicted octanol–water partition coefficient (Wildman–Crippen LogP) is 10.3. The molecule has 2 aromatic carbocycles. The van der Waals surface area contributed by atoms with E-state index in [-0.39, 0.29) is 79.0 Å². The van der Waals surface area contributed by atoms with Gasteiger partial charge in [0.1, 0.15) is 23.8 Å². The Kier molecular flexibility index (Phi) is 13.4. The van der Waals surface area contributed by atoms with E-state index in [1.807, 2.05) is 50.2 Å². The number of nitrogens with two attached hydrogens (primary N) is 2. The number of hydrogen-bond donors (Lipinski definition) is 2. The molecule has 4 aliphatic carbocycles. The van der Waals surface area contributed by atoms with Crippen molar-refractivity contribution in [3.05, 3.63) is 120 Å². The van der Waals surface area contributed by atoms with Gasteiger partial charge in [-0.05, 0) is 160 Å². The number of benzene rings is 2. The van der Waals surface area contributed by atoms with Crippen LogP contribution in [0.5, 0.6) is 0 Å². The molecule has 332 valence electrons. The van der Waals surface area contributed by atoms with Gasteiger partial charge < -0.3 is 20.9 Å². The smallest absolute Gasteiger partial charge is 0.309 e. The van der Waals surface area contributed by atoms with E-state index in [2.05, 4.69) is 34.3 Å². The topological polar surface area (TPSA) is 130 Å². The van der Waals surface area contributed by atoms with Gasteiger partial charge in [0.15, 0.2) is 0 Å². The summed E-state index contributed by atoms with van der Waals surface area (Å²) < 4.78 is 38.3. The lowest BCUT2D eigenvalue weighted by molar-refractivity contribution is -0.145. The van der Waals surface area contributed by atoms with Crippen LogP contribution < -0.4 is 11.5 Å². The van der Waals surface area contributed by atoms with Crippen molar-refractivity contribution < 1.29 is 27.8 Å². The predicted molar refractivity (Wildman–Crippen MR) is 243 cm³/mol. The molecular weight excluding hydrogens is 795 g/mol. The first-order chi connectivity index (χ1) is 30.0. The van der Waals surface area contributed by atoms with Crippen molar-refractivity contribution >= 4 is 24.1 Å². The fourth-order valence-corrected chi connectivity index (χ4v) is 12.4. The van der Waals surface area contributed by atoms with Crippen LogP contribution in [0.4, 0.5) is 8.78 Å². The number of nitrogens with zero attached hydrogens (tertiary/aromatic N) is 2. The summed E-state index contributed by atoms with van der Waals surface area (Å²) in [6.45, 7) is 4.06. The van der Waals surface area contributed by atoms with Gasteiger partial charge in [0, 0.05) is 47.4 Å². The van der Waals surface area contributed by atoms with Crippen molar-refractivity contribution in [1.82, 2.24) is 9.97 Å². The number of ether oxygens (including phenoxy) is 2. The van der Waals surface area contributed by atoms with Gasteiger partial charge in [0.25, 0.3) is 0 Å². The third-order valence-electron chi connectivity index (χ3n) is 15.2. The number of carbonyl (C=O) groups is 2. The molecule has 4 aromatic rings. The van der Waals surface area contributed by atoms with Gasteiger partial charge in [-0.3, -0.25) is 19.6 Å². The number of halogens is 2. The minimum atomic E-state index is -0.252. The summed E-state index contributed by atoms with van der Waals surface area (Å²) in [5, 5.41) is 0. The van der Waals surface area contributed by atoms with E-state index < -0.39 is 0 Å². The molecule has 0 unspecified atom stereocenters. The molecule has 2 aliphatic heterocycles. The molecule has 2 saturated heterocycles. The molecule has 10 rings (SSSR count). The van der Waals surface area contributed by atoms with Gasteiger partial charge in [-0.1, -0.05) is 56.0 Å². The number of carbonyl (C=O) groups excluding carboxylic acids is 2. The minimum Gasteiger partial charge on any atom is -0.462 e. The van der Waals surface area contributed by atoms with Gasteiger partial charge in [-0.15, -0.1) is 0 Å². The third kappa shape index (κ3) is 9.44. The standard InChI is InChI=1S/2C26H29FN2O2.CH4/c2*1-15-25-23(22-9-6-20(28)12-18(22)13-24(25)26(30)31-15)10-8-21-7-5-17(14-29-21)16-3-2-4-19(27)11-16;/h2*2-5,7-8,10-11,14-15,18,20,22-25H,6,9,12-13,28H2,1H3;1H4/b2*10-8+;/t15-,18+,20+,22-,23+,24-,25+;15-,18+,20-,22-,23+,24-,25+;/m11./s1. The van der Waals surface area contributed by atoms with E-state index >= 15 is 0 Å². The van der Waals surface area contributed by atoms with Crippen LogP contribution in [-0.2, 0) is 19.1 Å². The van der Waals surface area contributed by atoms with Crippen LogP contribution in [0.15, 0.2) is 97.3 Å². The second-order valence-corrected chi connectivity index (χ2v) is 19.0. The minimum absolute atomic E-state index is 0. The Hall–Kier alpha value is -5.06. The fraction of sp³-hybridized carbons (Fsp3) is 0.472. The molecule has 14 atom stereocenters. The Morgan fingerprint density at radius 2 is 1.02 bits per heavy atom. The molecule has 0 spiro atoms. The number of cyclic esters (lactones) is 2. The number of allylic oxidation sites excluding steroid dienone is 2. The third-order valence-corrected chi connectivity index (χ3v) is 15.2. The second-order valence-electron chi connectivity index (χ2n) is 19.0. The van der Waals surface area contributed by atoms with E-state index in [4.69, 9.17) is 20.9 Å². The summed E-state index contributed by atoms with van der Waals surface area (Å²) >= 11 is 0. The van der Waals surface area contributed by atoms with E-state index in [1.165, 1.54) is 24.3 Å². The summed E-state index contributed by atoms with van der Waals surface area (Å²) in [4.78, 5) is 34.1. The molecule has 8 nitrogen and oxygen atoms in total. The zero-order valence-corrected chi connectivity index (χ0v) is 35.6.